The van der Waals surface area contributed by atoms with E-state index in [1.165, 1.54) is 6.07 Å². The van der Waals surface area contributed by atoms with Crippen molar-refractivity contribution in [1.82, 2.24) is 0 Å². The highest BCUT2D eigenvalue weighted by Gasteiger charge is 2.15. The van der Waals surface area contributed by atoms with Gasteiger partial charge < -0.3 is 5.73 Å². The first-order chi connectivity index (χ1) is 9.33. The average molecular weight is 314 g/mol. The largest absolute Gasteiger partial charge is 0.384 e. The Morgan fingerprint density at radius 2 is 2.05 bits per heavy atom. The van der Waals surface area contributed by atoms with E-state index < -0.39 is 9.84 Å². The monoisotopic (exact) mass is 314 g/mol. The van der Waals surface area contributed by atoms with E-state index in [2.05, 4.69) is 13.8 Å². The fraction of sp³-hybridized carbons (Fsp3) is 0.500. The quantitative estimate of drug-likeness (QED) is 0.439. The summed E-state index contributed by atoms with van der Waals surface area (Å²) in [7, 11) is -3.29. The molecule has 4 nitrogen and oxygen atoms in total. The highest BCUT2D eigenvalue weighted by atomic mass is 32.2. The van der Waals surface area contributed by atoms with Gasteiger partial charge in [0.25, 0.3) is 0 Å². The van der Waals surface area contributed by atoms with Crippen molar-refractivity contribution in [2.24, 2.45) is 11.7 Å². The fourth-order valence-electron chi connectivity index (χ4n) is 1.56. The van der Waals surface area contributed by atoms with E-state index in [4.69, 9.17) is 11.1 Å². The van der Waals surface area contributed by atoms with Crippen LogP contribution in [0.5, 0.6) is 0 Å². The van der Waals surface area contributed by atoms with Crippen molar-refractivity contribution in [2.75, 3.05) is 17.3 Å². The third-order valence-electron chi connectivity index (χ3n) is 2.84. The summed E-state index contributed by atoms with van der Waals surface area (Å²) >= 11 is 1.67. The van der Waals surface area contributed by atoms with E-state index in [1.54, 1.807) is 30.0 Å². The molecule has 0 bridgehead atoms. The second kappa shape index (κ2) is 7.69. The lowest BCUT2D eigenvalue weighted by molar-refractivity contribution is 0.597. The van der Waals surface area contributed by atoms with E-state index in [0.29, 0.717) is 17.2 Å². The molecule has 0 amide bonds. The molecular formula is C14H22N2O2S2. The Bertz CT molecular complexity index is 554. The van der Waals surface area contributed by atoms with E-state index in [9.17, 15) is 8.42 Å². The molecule has 0 heterocycles. The van der Waals surface area contributed by atoms with Crippen LogP contribution in [0.2, 0.25) is 0 Å². The normalized spacial score (nSPS) is 11.8. The van der Waals surface area contributed by atoms with E-state index in [0.717, 1.165) is 12.2 Å². The van der Waals surface area contributed by atoms with Gasteiger partial charge in [0, 0.05) is 11.3 Å². The Kier molecular flexibility index (Phi) is 6.55. The zero-order chi connectivity index (χ0) is 15.2. The standard InChI is InChI=1S/C14H22N2O2S2/c1-11(2)6-7-19-8-9-20(17,18)13-5-3-4-12(10-13)14(15)16/h3-5,10-11H,6-9H2,1-2H3,(H3,15,16). The number of hydrogen-bond donors (Lipinski definition) is 2. The lowest BCUT2D eigenvalue weighted by Crippen LogP contribution is -2.14. The minimum absolute atomic E-state index is 0.117. The smallest absolute Gasteiger partial charge is 0.179 e. The molecule has 1 rings (SSSR count). The molecule has 20 heavy (non-hydrogen) atoms. The van der Waals surface area contributed by atoms with E-state index >= 15 is 0 Å². The number of thioether (sulfide) groups is 1. The van der Waals surface area contributed by atoms with Crippen molar-refractivity contribution in [3.05, 3.63) is 29.8 Å². The molecule has 1 aromatic carbocycles. The molecule has 0 spiro atoms. The third-order valence-corrected chi connectivity index (χ3v) is 5.83. The second-order valence-electron chi connectivity index (χ2n) is 5.06. The van der Waals surface area contributed by atoms with Gasteiger partial charge in [0.05, 0.1) is 10.6 Å². The molecule has 6 heteroatoms. The van der Waals surface area contributed by atoms with Crippen LogP contribution in [0.25, 0.3) is 0 Å². The second-order valence-corrected chi connectivity index (χ2v) is 8.39. The van der Waals surface area contributed by atoms with Crippen molar-refractivity contribution in [3.63, 3.8) is 0 Å². The van der Waals surface area contributed by atoms with Crippen molar-refractivity contribution in [1.29, 1.82) is 5.41 Å². The Labute approximate surface area is 125 Å². The third kappa shape index (κ3) is 5.54. The van der Waals surface area contributed by atoms with Gasteiger partial charge in [-0.15, -0.1) is 0 Å². The van der Waals surface area contributed by atoms with Crippen molar-refractivity contribution >= 4 is 27.4 Å². The lowest BCUT2D eigenvalue weighted by atomic mass is 10.2. The number of benzene rings is 1. The highest BCUT2D eigenvalue weighted by Crippen LogP contribution is 2.16. The molecule has 0 saturated carbocycles. The molecule has 112 valence electrons. The van der Waals surface area contributed by atoms with Crippen LogP contribution in [0, 0.1) is 11.3 Å². The first-order valence-corrected chi connectivity index (χ1v) is 9.38. The molecule has 0 saturated heterocycles. The number of hydrogen-bond acceptors (Lipinski definition) is 4. The minimum Gasteiger partial charge on any atom is -0.384 e. The molecule has 0 aliphatic rings. The SMILES string of the molecule is CC(C)CCSCCS(=O)(=O)c1cccc(C(=N)N)c1. The van der Waals surface area contributed by atoms with Crippen molar-refractivity contribution in [3.8, 4) is 0 Å². The van der Waals surface area contributed by atoms with Gasteiger partial charge >= 0.3 is 0 Å². The van der Waals surface area contributed by atoms with Crippen LogP contribution >= 0.6 is 11.8 Å². The Hall–Kier alpha value is -1.01. The maximum absolute atomic E-state index is 12.2. The lowest BCUT2D eigenvalue weighted by Gasteiger charge is -2.07. The summed E-state index contributed by atoms with van der Waals surface area (Å²) in [6.45, 7) is 4.31. The van der Waals surface area contributed by atoms with Gasteiger partial charge in [0.2, 0.25) is 0 Å². The van der Waals surface area contributed by atoms with Gasteiger partial charge in [-0.3, -0.25) is 5.41 Å². The summed E-state index contributed by atoms with van der Waals surface area (Å²) in [4.78, 5) is 0.245. The van der Waals surface area contributed by atoms with E-state index in [1.807, 2.05) is 0 Å². The first-order valence-electron chi connectivity index (χ1n) is 6.58. The number of nitrogen functional groups attached to an aromatic ring is 1. The minimum atomic E-state index is -3.29. The maximum Gasteiger partial charge on any atom is 0.179 e. The predicted molar refractivity (Wildman–Crippen MR) is 86.3 cm³/mol. The van der Waals surface area contributed by atoms with Crippen LogP contribution in [-0.4, -0.2) is 31.5 Å². The summed E-state index contributed by atoms with van der Waals surface area (Å²) in [6, 6.07) is 6.28. The molecule has 0 unspecified atom stereocenters. The molecule has 0 fully saturated rings. The number of nitrogens with two attached hydrogens (primary N) is 1. The first kappa shape index (κ1) is 17.0. The summed E-state index contributed by atoms with van der Waals surface area (Å²) in [5, 5.41) is 7.35. The molecule has 3 N–H and O–H groups in total. The van der Waals surface area contributed by atoms with Gasteiger partial charge in [-0.25, -0.2) is 8.42 Å². The summed E-state index contributed by atoms with van der Waals surface area (Å²) in [6.07, 6.45) is 1.10. The molecule has 0 aliphatic heterocycles. The van der Waals surface area contributed by atoms with Crippen molar-refractivity contribution in [2.45, 2.75) is 25.2 Å². The Morgan fingerprint density at radius 3 is 2.65 bits per heavy atom. The number of nitrogens with one attached hydrogen (secondary N) is 1. The maximum atomic E-state index is 12.2. The molecule has 0 atom stereocenters. The summed E-state index contributed by atoms with van der Waals surface area (Å²) in [5.74, 6) is 2.23. The average Bonchev–Trinajstić information content (AvgIpc) is 2.38. The van der Waals surface area contributed by atoms with Crippen LogP contribution < -0.4 is 5.73 Å². The molecular weight excluding hydrogens is 292 g/mol. The number of sulfone groups is 1. The Morgan fingerprint density at radius 1 is 1.35 bits per heavy atom. The van der Waals surface area contributed by atoms with Crippen LogP contribution in [0.1, 0.15) is 25.8 Å². The number of amidine groups is 1. The molecule has 0 aromatic heterocycles. The topological polar surface area (TPSA) is 84.0 Å². The van der Waals surface area contributed by atoms with Crippen LogP contribution in [-0.2, 0) is 9.84 Å². The fourth-order valence-corrected chi connectivity index (χ4v) is 4.58. The number of rotatable bonds is 8. The van der Waals surface area contributed by atoms with Crippen LogP contribution in [0.15, 0.2) is 29.2 Å². The van der Waals surface area contributed by atoms with Gasteiger partial charge in [-0.1, -0.05) is 26.0 Å². The van der Waals surface area contributed by atoms with Gasteiger partial charge in [-0.2, -0.15) is 11.8 Å². The van der Waals surface area contributed by atoms with Crippen LogP contribution in [0.4, 0.5) is 0 Å². The molecule has 1 aromatic rings. The van der Waals surface area contributed by atoms with Gasteiger partial charge in [-0.05, 0) is 30.2 Å². The summed E-state index contributed by atoms with van der Waals surface area (Å²) < 4.78 is 24.4. The summed E-state index contributed by atoms with van der Waals surface area (Å²) in [5.41, 5.74) is 5.82. The van der Waals surface area contributed by atoms with Gasteiger partial charge in [0.15, 0.2) is 9.84 Å². The van der Waals surface area contributed by atoms with Crippen molar-refractivity contribution < 1.29 is 8.42 Å². The zero-order valence-electron chi connectivity index (χ0n) is 11.9. The van der Waals surface area contributed by atoms with Crippen LogP contribution in [0.3, 0.4) is 0 Å². The Balaban J connectivity index is 2.60. The zero-order valence-corrected chi connectivity index (χ0v) is 13.6. The van der Waals surface area contributed by atoms with Gasteiger partial charge in [0.1, 0.15) is 5.84 Å². The molecule has 0 aliphatic carbocycles. The highest BCUT2D eigenvalue weighted by molar-refractivity contribution is 8.00. The predicted octanol–water partition coefficient (Wildman–Crippen LogP) is 2.52. The van der Waals surface area contributed by atoms with E-state index in [-0.39, 0.29) is 16.5 Å². The molecule has 0 radical (unpaired) electrons.